The van der Waals surface area contributed by atoms with Crippen LogP contribution in [0, 0.1) is 34.0 Å². The Morgan fingerprint density at radius 3 is 2.47 bits per heavy atom. The third-order valence-electron chi connectivity index (χ3n) is 10.7. The lowest BCUT2D eigenvalue weighted by Crippen LogP contribution is -2.70. The summed E-state index contributed by atoms with van der Waals surface area (Å²) in [6.45, 7) is 2.55. The molecule has 0 saturated heterocycles. The zero-order valence-corrected chi connectivity index (χ0v) is 25.7. The molecule has 4 aliphatic rings. The predicted molar refractivity (Wildman–Crippen MR) is 160 cm³/mol. The molecule has 0 aliphatic heterocycles. The standard InChI is InChI=1S/C35H33F2NO6S/c1-32-14-12-22(39)18-27(32)28(36)19-26-25-13-15-34(31(42)43-17-16-38,33(25,2)20-29(40)35(26,32)37)44-30(41)21-8-10-24(11-9-21)45-23-6-4-3-5-7-23/h3-12,14,18,25-26,28-29,40H,13,15,17,19-20H2,1-2H3/t25-,26-,28-,29-,32-,33-,34+,35?/m0/s1. The summed E-state index contributed by atoms with van der Waals surface area (Å²) in [7, 11) is 0. The summed E-state index contributed by atoms with van der Waals surface area (Å²) in [4.78, 5) is 41.5. The highest BCUT2D eigenvalue weighted by molar-refractivity contribution is 7.99. The number of fused-ring (bicyclic) bond motifs is 5. The number of carbonyl (C=O) groups excluding carboxylic acids is 3. The van der Waals surface area contributed by atoms with E-state index in [9.17, 15) is 19.5 Å². The first-order valence-corrected chi connectivity index (χ1v) is 15.8. The number of alkyl halides is 2. The first kappa shape index (κ1) is 31.2. The van der Waals surface area contributed by atoms with Gasteiger partial charge in [0.05, 0.1) is 11.7 Å². The van der Waals surface area contributed by atoms with E-state index in [-0.39, 0.29) is 36.8 Å². The number of aliphatic hydroxyl groups excluding tert-OH is 1. The smallest absolute Gasteiger partial charge is 0.352 e. The number of rotatable bonds is 6. The number of hydrogen-bond acceptors (Lipinski definition) is 8. The lowest BCUT2D eigenvalue weighted by Gasteiger charge is -2.62. The van der Waals surface area contributed by atoms with Crippen LogP contribution >= 0.6 is 11.8 Å². The van der Waals surface area contributed by atoms with E-state index in [2.05, 4.69) is 0 Å². The van der Waals surface area contributed by atoms with Gasteiger partial charge in [0, 0.05) is 26.5 Å². The zero-order chi connectivity index (χ0) is 32.2. The van der Waals surface area contributed by atoms with Gasteiger partial charge in [0.15, 0.2) is 18.1 Å². The largest absolute Gasteiger partial charge is 0.447 e. The second-order valence-electron chi connectivity index (χ2n) is 12.8. The molecule has 0 heterocycles. The van der Waals surface area contributed by atoms with E-state index in [4.69, 9.17) is 14.7 Å². The van der Waals surface area contributed by atoms with Gasteiger partial charge in [-0.3, -0.25) is 4.79 Å². The van der Waals surface area contributed by atoms with Crippen LogP contribution in [-0.2, 0) is 19.1 Å². The van der Waals surface area contributed by atoms with E-state index in [0.29, 0.717) is 0 Å². The van der Waals surface area contributed by atoms with Crippen molar-refractivity contribution >= 4 is 29.5 Å². The maximum absolute atomic E-state index is 17.5. The maximum Gasteiger partial charge on any atom is 0.352 e. The van der Waals surface area contributed by atoms with Crippen molar-refractivity contribution in [2.75, 3.05) is 6.61 Å². The molecule has 1 N–H and O–H groups in total. The van der Waals surface area contributed by atoms with Gasteiger partial charge in [-0.25, -0.2) is 18.4 Å². The Bertz CT molecular complexity index is 1640. The van der Waals surface area contributed by atoms with Crippen molar-refractivity contribution in [2.24, 2.45) is 22.7 Å². The quantitative estimate of drug-likeness (QED) is 0.379. The molecule has 10 heteroatoms. The SMILES string of the molecule is C[C@]12C=CC(=O)C=C1[C@@H](F)C[C@H]1[C@@H]3CC[C@@](OC(=O)c4ccc(Sc5ccccc5)cc4)(C(=O)OCC#N)[C@@]3(C)C[C@H](O)C12F. The van der Waals surface area contributed by atoms with Crippen LogP contribution in [0.25, 0.3) is 0 Å². The molecule has 0 radical (unpaired) electrons. The molecule has 7 nitrogen and oxygen atoms in total. The molecule has 2 aromatic rings. The zero-order valence-electron chi connectivity index (χ0n) is 24.9. The number of hydrogen-bond donors (Lipinski definition) is 1. The third kappa shape index (κ3) is 4.66. The van der Waals surface area contributed by atoms with Crippen LogP contribution in [0.2, 0.25) is 0 Å². The minimum Gasteiger partial charge on any atom is -0.447 e. The lowest BCUT2D eigenvalue weighted by atomic mass is 9.44. The highest BCUT2D eigenvalue weighted by Gasteiger charge is 2.77. The topological polar surface area (TPSA) is 114 Å². The molecular formula is C35H33F2NO6S. The van der Waals surface area contributed by atoms with E-state index >= 15 is 8.78 Å². The van der Waals surface area contributed by atoms with Gasteiger partial charge >= 0.3 is 11.9 Å². The molecule has 0 aromatic heterocycles. The van der Waals surface area contributed by atoms with Gasteiger partial charge in [-0.15, -0.1) is 0 Å². The van der Waals surface area contributed by atoms with Crippen LogP contribution in [0.1, 0.15) is 49.9 Å². The molecule has 0 spiro atoms. The molecule has 0 amide bonds. The van der Waals surface area contributed by atoms with Crippen LogP contribution in [0.3, 0.4) is 0 Å². The highest BCUT2D eigenvalue weighted by Crippen LogP contribution is 2.70. The van der Waals surface area contributed by atoms with E-state index in [1.807, 2.05) is 30.3 Å². The van der Waals surface area contributed by atoms with E-state index in [0.717, 1.165) is 15.9 Å². The van der Waals surface area contributed by atoms with Crippen LogP contribution in [-0.4, -0.2) is 53.0 Å². The van der Waals surface area contributed by atoms with E-state index in [1.54, 1.807) is 37.3 Å². The summed E-state index contributed by atoms with van der Waals surface area (Å²) in [6.07, 6.45) is -0.169. The first-order valence-electron chi connectivity index (χ1n) is 15.0. The summed E-state index contributed by atoms with van der Waals surface area (Å²) in [5.74, 6) is -3.98. The van der Waals surface area contributed by atoms with Crippen molar-refractivity contribution in [3.05, 3.63) is 84.0 Å². The lowest BCUT2D eigenvalue weighted by molar-refractivity contribution is -0.228. The van der Waals surface area contributed by atoms with Gasteiger partial charge < -0.3 is 14.6 Å². The summed E-state index contributed by atoms with van der Waals surface area (Å²) < 4.78 is 44.7. The van der Waals surface area contributed by atoms with Gasteiger partial charge in [0.2, 0.25) is 5.60 Å². The Hall–Kier alpha value is -3.81. The normalized spacial score (nSPS) is 36.5. The molecule has 234 valence electrons. The number of allylic oxidation sites excluding steroid dienone is 4. The Kier molecular flexibility index (Phi) is 7.77. The van der Waals surface area contributed by atoms with Gasteiger partial charge in [-0.05, 0) is 92.6 Å². The molecular weight excluding hydrogens is 600 g/mol. The fourth-order valence-electron chi connectivity index (χ4n) is 8.45. The van der Waals surface area contributed by atoms with Crippen LogP contribution in [0.5, 0.6) is 0 Å². The molecule has 3 saturated carbocycles. The number of nitriles is 1. The summed E-state index contributed by atoms with van der Waals surface area (Å²) in [5.41, 5.74) is -7.10. The fraction of sp³-hybridized carbons (Fsp3) is 0.429. The van der Waals surface area contributed by atoms with E-state index < -0.39 is 70.5 Å². The third-order valence-corrected chi connectivity index (χ3v) is 11.7. The van der Waals surface area contributed by atoms with Gasteiger partial charge in [-0.1, -0.05) is 43.0 Å². The Morgan fingerprint density at radius 2 is 1.78 bits per heavy atom. The second kappa shape index (κ2) is 11.2. The Morgan fingerprint density at radius 1 is 1.09 bits per heavy atom. The number of ketones is 1. The highest BCUT2D eigenvalue weighted by atomic mass is 32.2. The fourth-order valence-corrected chi connectivity index (χ4v) is 9.29. The number of benzene rings is 2. The molecule has 6 rings (SSSR count). The average Bonchev–Trinajstić information content (AvgIpc) is 3.31. The van der Waals surface area contributed by atoms with E-state index in [1.165, 1.54) is 30.8 Å². The molecule has 2 aromatic carbocycles. The average molecular weight is 634 g/mol. The molecule has 0 bridgehead atoms. The number of ether oxygens (including phenoxy) is 2. The summed E-state index contributed by atoms with van der Waals surface area (Å²) >= 11 is 1.51. The van der Waals surface area contributed by atoms with Crippen molar-refractivity contribution < 1.29 is 37.7 Å². The van der Waals surface area contributed by atoms with Crippen LogP contribution in [0.4, 0.5) is 8.78 Å². The van der Waals surface area contributed by atoms with Crippen LogP contribution < -0.4 is 0 Å². The number of aliphatic hydroxyl groups is 1. The molecule has 8 atom stereocenters. The predicted octanol–water partition coefficient (Wildman–Crippen LogP) is 6.12. The van der Waals surface area contributed by atoms with Gasteiger partial charge in [0.25, 0.3) is 0 Å². The first-order chi connectivity index (χ1) is 21.4. The minimum atomic E-state index is -2.36. The number of halogens is 2. The van der Waals surface area contributed by atoms with Crippen molar-refractivity contribution in [3.63, 3.8) is 0 Å². The summed E-state index contributed by atoms with van der Waals surface area (Å²) in [5, 5.41) is 20.8. The summed E-state index contributed by atoms with van der Waals surface area (Å²) in [6, 6.07) is 18.1. The van der Waals surface area contributed by atoms with Crippen molar-refractivity contribution in [2.45, 2.75) is 72.9 Å². The van der Waals surface area contributed by atoms with Crippen molar-refractivity contribution in [1.29, 1.82) is 5.26 Å². The number of carbonyl (C=O) groups is 3. The Labute approximate surface area is 264 Å². The van der Waals surface area contributed by atoms with Gasteiger partial charge in [0.1, 0.15) is 12.2 Å². The number of esters is 2. The van der Waals surface area contributed by atoms with Crippen molar-refractivity contribution in [1.82, 2.24) is 0 Å². The molecule has 4 aliphatic carbocycles. The molecule has 45 heavy (non-hydrogen) atoms. The minimum absolute atomic E-state index is 0.00519. The maximum atomic E-state index is 17.5. The van der Waals surface area contributed by atoms with Crippen molar-refractivity contribution in [3.8, 4) is 6.07 Å². The Balaban J connectivity index is 1.34. The van der Waals surface area contributed by atoms with Gasteiger partial charge in [-0.2, -0.15) is 5.26 Å². The van der Waals surface area contributed by atoms with Crippen LogP contribution in [0.15, 0.2) is 88.2 Å². The second-order valence-corrected chi connectivity index (χ2v) is 13.9. The monoisotopic (exact) mass is 633 g/mol. The molecule has 1 unspecified atom stereocenters. The molecule has 3 fully saturated rings. The number of nitrogens with zero attached hydrogens (tertiary/aromatic N) is 1.